The summed E-state index contributed by atoms with van der Waals surface area (Å²) in [5.74, 6) is 0. The van der Waals surface area contributed by atoms with Crippen molar-refractivity contribution in [1.29, 1.82) is 0 Å². The van der Waals surface area contributed by atoms with Gasteiger partial charge in [-0.25, -0.2) is 0 Å². The zero-order valence-electron chi connectivity index (χ0n) is 6.89. The van der Waals surface area contributed by atoms with Gasteiger partial charge in [0.15, 0.2) is 17.4 Å². The third kappa shape index (κ3) is 3.10. The van der Waals surface area contributed by atoms with Crippen molar-refractivity contribution in [2.24, 2.45) is 0 Å². The van der Waals surface area contributed by atoms with E-state index < -0.39 is 0 Å². The highest BCUT2D eigenvalue weighted by molar-refractivity contribution is 5.75. The van der Waals surface area contributed by atoms with Gasteiger partial charge in [0.25, 0.3) is 0 Å². The summed E-state index contributed by atoms with van der Waals surface area (Å²) in [5, 5.41) is 0. The highest BCUT2D eigenvalue weighted by Gasteiger charge is 2.11. The van der Waals surface area contributed by atoms with E-state index in [-0.39, 0.29) is 17.4 Å². The second kappa shape index (κ2) is 3.95. The van der Waals surface area contributed by atoms with Gasteiger partial charge in [-0.05, 0) is 11.0 Å². The Kier molecular flexibility index (Phi) is 3.86. The third-order valence-electron chi connectivity index (χ3n) is 1.64. The van der Waals surface area contributed by atoms with E-state index in [9.17, 15) is 0 Å². The Labute approximate surface area is 79.8 Å². The largest absolute Gasteiger partial charge is 0.187 e. The monoisotopic (exact) mass is 164 g/mol. The Morgan fingerprint density at radius 1 is 0.909 bits per heavy atom. The van der Waals surface area contributed by atoms with Crippen molar-refractivity contribution in [2.75, 3.05) is 0 Å². The van der Waals surface area contributed by atoms with Crippen LogP contribution < -0.4 is 0 Å². The van der Waals surface area contributed by atoms with Crippen LogP contribution >= 0.6 is 0 Å². The van der Waals surface area contributed by atoms with Crippen LogP contribution in [-0.2, 0) is 5.41 Å². The predicted molar refractivity (Wildman–Crippen MR) is 55.1 cm³/mol. The van der Waals surface area contributed by atoms with Crippen molar-refractivity contribution in [3.05, 3.63) is 35.9 Å². The number of hydrogen-bond acceptors (Lipinski definition) is 0. The van der Waals surface area contributed by atoms with Crippen molar-refractivity contribution in [1.82, 2.24) is 0 Å². The second-order valence-electron chi connectivity index (χ2n) is 3.62. The van der Waals surface area contributed by atoms with Gasteiger partial charge < -0.3 is 0 Å². The molecule has 0 atom stereocenters. The fourth-order valence-electron chi connectivity index (χ4n) is 0.938. The fraction of sp³-hybridized carbons (Fsp3) is 0.400. The maximum atomic E-state index is 2.22. The third-order valence-corrected chi connectivity index (χ3v) is 1.64. The van der Waals surface area contributed by atoms with Gasteiger partial charge in [0.05, 0.1) is 0 Å². The van der Waals surface area contributed by atoms with E-state index in [0.717, 1.165) is 0 Å². The summed E-state index contributed by atoms with van der Waals surface area (Å²) in [5.41, 5.74) is 1.69. The van der Waals surface area contributed by atoms with Gasteiger partial charge in [-0.3, -0.25) is 0 Å². The van der Waals surface area contributed by atoms with Crippen molar-refractivity contribution in [2.45, 2.75) is 26.2 Å². The molecule has 0 unspecified atom stereocenters. The average molecular weight is 164 g/mol. The molecular weight excluding hydrogens is 147 g/mol. The molecule has 0 saturated carbocycles. The standard InChI is InChI=1S/C10H14.Al.3H/c1-10(2,3)9-7-5-4-6-8-9;;;;/h4-8H,1-3H3;;;;. The molecule has 0 aliphatic rings. The van der Waals surface area contributed by atoms with E-state index in [2.05, 4.69) is 51.1 Å². The quantitative estimate of drug-likeness (QED) is 0.513. The summed E-state index contributed by atoms with van der Waals surface area (Å²) in [4.78, 5) is 0. The molecule has 0 saturated heterocycles. The summed E-state index contributed by atoms with van der Waals surface area (Å²) < 4.78 is 0. The Balaban J connectivity index is 0.000001000. The van der Waals surface area contributed by atoms with Crippen LogP contribution in [-0.4, -0.2) is 17.4 Å². The van der Waals surface area contributed by atoms with E-state index in [4.69, 9.17) is 0 Å². The Hall–Kier alpha value is -0.248. The maximum absolute atomic E-state index is 2.22. The molecule has 0 aliphatic carbocycles. The van der Waals surface area contributed by atoms with Gasteiger partial charge >= 0.3 is 0 Å². The van der Waals surface area contributed by atoms with E-state index in [1.807, 2.05) is 0 Å². The lowest BCUT2D eigenvalue weighted by Gasteiger charge is -2.18. The van der Waals surface area contributed by atoms with Crippen LogP contribution in [0.3, 0.4) is 0 Å². The van der Waals surface area contributed by atoms with Crippen LogP contribution in [0.15, 0.2) is 30.3 Å². The molecule has 0 radical (unpaired) electrons. The summed E-state index contributed by atoms with van der Waals surface area (Å²) in [7, 11) is 0. The van der Waals surface area contributed by atoms with Crippen LogP contribution in [0.25, 0.3) is 0 Å². The van der Waals surface area contributed by atoms with Crippen molar-refractivity contribution < 1.29 is 0 Å². The number of benzene rings is 1. The molecular formula is C10H17Al. The lowest BCUT2D eigenvalue weighted by molar-refractivity contribution is 0.590. The van der Waals surface area contributed by atoms with Crippen LogP contribution in [0.2, 0.25) is 0 Å². The SMILES string of the molecule is CC(C)(C)c1ccccc1.[AlH3]. The van der Waals surface area contributed by atoms with Crippen LogP contribution in [0.4, 0.5) is 0 Å². The van der Waals surface area contributed by atoms with E-state index >= 15 is 0 Å². The van der Waals surface area contributed by atoms with Crippen LogP contribution in [0.5, 0.6) is 0 Å². The Morgan fingerprint density at radius 2 is 1.36 bits per heavy atom. The Bertz CT molecular complexity index is 196. The van der Waals surface area contributed by atoms with Gasteiger partial charge in [0.2, 0.25) is 0 Å². The van der Waals surface area contributed by atoms with Crippen molar-refractivity contribution in [3.63, 3.8) is 0 Å². The molecule has 1 heteroatoms. The summed E-state index contributed by atoms with van der Waals surface area (Å²) in [6.07, 6.45) is 0. The van der Waals surface area contributed by atoms with Crippen LogP contribution in [0.1, 0.15) is 26.3 Å². The van der Waals surface area contributed by atoms with Gasteiger partial charge in [-0.15, -0.1) is 0 Å². The van der Waals surface area contributed by atoms with E-state index in [1.54, 1.807) is 0 Å². The van der Waals surface area contributed by atoms with Crippen LogP contribution in [0, 0.1) is 0 Å². The lowest BCUT2D eigenvalue weighted by atomic mass is 9.87. The Morgan fingerprint density at radius 3 is 1.64 bits per heavy atom. The average Bonchev–Trinajstić information content (AvgIpc) is 1.88. The molecule has 0 bridgehead atoms. The zero-order valence-corrected chi connectivity index (χ0v) is 6.89. The molecule has 0 heterocycles. The molecule has 1 aromatic carbocycles. The molecule has 0 fully saturated rings. The van der Waals surface area contributed by atoms with Gasteiger partial charge in [0.1, 0.15) is 0 Å². The minimum absolute atomic E-state index is 0. The normalized spacial score (nSPS) is 10.5. The molecule has 0 aromatic heterocycles. The molecule has 60 valence electrons. The first-order valence-electron chi connectivity index (χ1n) is 3.66. The topological polar surface area (TPSA) is 0 Å². The molecule has 0 nitrogen and oxygen atoms in total. The first-order chi connectivity index (χ1) is 4.61. The van der Waals surface area contributed by atoms with E-state index in [0.29, 0.717) is 5.41 Å². The van der Waals surface area contributed by atoms with Gasteiger partial charge in [0, 0.05) is 0 Å². The van der Waals surface area contributed by atoms with E-state index in [1.165, 1.54) is 5.56 Å². The van der Waals surface area contributed by atoms with Gasteiger partial charge in [-0.1, -0.05) is 51.1 Å². The number of hydrogen-bond donors (Lipinski definition) is 0. The van der Waals surface area contributed by atoms with Crippen molar-refractivity contribution >= 4 is 17.4 Å². The minimum Gasteiger partial charge on any atom is -0.0622 e. The summed E-state index contributed by atoms with van der Waals surface area (Å²) in [6, 6.07) is 10.6. The lowest BCUT2D eigenvalue weighted by Crippen LogP contribution is -2.10. The molecule has 1 aromatic rings. The second-order valence-corrected chi connectivity index (χ2v) is 3.62. The highest BCUT2D eigenvalue weighted by atomic mass is 27.0. The predicted octanol–water partition coefficient (Wildman–Crippen LogP) is 1.80. The first-order valence-corrected chi connectivity index (χ1v) is 3.66. The summed E-state index contributed by atoms with van der Waals surface area (Å²) >= 11 is 0. The first kappa shape index (κ1) is 10.8. The molecule has 0 N–H and O–H groups in total. The van der Waals surface area contributed by atoms with Gasteiger partial charge in [-0.2, -0.15) is 0 Å². The molecule has 0 aliphatic heterocycles. The summed E-state index contributed by atoms with van der Waals surface area (Å²) in [6.45, 7) is 6.67. The van der Waals surface area contributed by atoms with Crippen molar-refractivity contribution in [3.8, 4) is 0 Å². The molecule has 11 heavy (non-hydrogen) atoms. The number of rotatable bonds is 0. The molecule has 1 rings (SSSR count). The zero-order chi connectivity index (χ0) is 7.61. The molecule has 0 spiro atoms. The smallest absolute Gasteiger partial charge is 0.0622 e. The fourth-order valence-corrected chi connectivity index (χ4v) is 0.938. The molecule has 0 amide bonds. The highest BCUT2D eigenvalue weighted by Crippen LogP contribution is 2.20. The maximum Gasteiger partial charge on any atom is 0.187 e. The minimum atomic E-state index is 0.